The third-order valence-corrected chi connectivity index (χ3v) is 4.39. The van der Waals surface area contributed by atoms with Gasteiger partial charge in [0.25, 0.3) is 0 Å². The standard InChI is InChI=1S/C12H15N5O2S/c1-7-5-10(15-16(7)8(2)9-3-4-9)14-12-13-6-11(20-12)17(18)19/h5-6,8-9H,3-4H2,1-2H3,(H,13,14,15). The maximum atomic E-state index is 10.6. The minimum atomic E-state index is -0.443. The molecular formula is C12H15N5O2S. The molecule has 0 bridgehead atoms. The zero-order valence-electron chi connectivity index (χ0n) is 11.2. The van der Waals surface area contributed by atoms with Crippen molar-refractivity contribution in [2.45, 2.75) is 32.7 Å². The van der Waals surface area contributed by atoms with Crippen molar-refractivity contribution in [2.24, 2.45) is 5.92 Å². The summed E-state index contributed by atoms with van der Waals surface area (Å²) in [6, 6.07) is 2.34. The minimum absolute atomic E-state index is 0.0232. The molecule has 1 unspecified atom stereocenters. The smallest absolute Gasteiger partial charge is 0.315 e. The number of hydrogen-bond acceptors (Lipinski definition) is 6. The predicted octanol–water partition coefficient (Wildman–Crippen LogP) is 3.27. The second-order valence-electron chi connectivity index (χ2n) is 5.08. The molecule has 0 saturated heterocycles. The lowest BCUT2D eigenvalue weighted by molar-refractivity contribution is -0.380. The molecule has 1 N–H and O–H groups in total. The molecule has 2 aromatic heterocycles. The van der Waals surface area contributed by atoms with Crippen LogP contribution in [0.1, 0.15) is 31.5 Å². The number of aryl methyl sites for hydroxylation is 1. The Hall–Kier alpha value is -1.96. The summed E-state index contributed by atoms with van der Waals surface area (Å²) < 4.78 is 2.02. The average molecular weight is 293 g/mol. The van der Waals surface area contributed by atoms with Crippen molar-refractivity contribution in [3.05, 3.63) is 28.1 Å². The average Bonchev–Trinajstić information content (AvgIpc) is 3.04. The van der Waals surface area contributed by atoms with E-state index in [1.807, 2.05) is 17.7 Å². The van der Waals surface area contributed by atoms with E-state index in [2.05, 4.69) is 22.3 Å². The number of anilines is 2. The molecular weight excluding hydrogens is 278 g/mol. The van der Waals surface area contributed by atoms with Gasteiger partial charge in [0.15, 0.2) is 10.9 Å². The summed E-state index contributed by atoms with van der Waals surface area (Å²) >= 11 is 1.01. The minimum Gasteiger partial charge on any atom is -0.315 e. The van der Waals surface area contributed by atoms with Crippen LogP contribution in [0.15, 0.2) is 12.3 Å². The fraction of sp³-hybridized carbons (Fsp3) is 0.500. The van der Waals surface area contributed by atoms with Crippen molar-refractivity contribution < 1.29 is 4.92 Å². The van der Waals surface area contributed by atoms with E-state index in [1.165, 1.54) is 19.0 Å². The molecule has 1 fully saturated rings. The van der Waals surface area contributed by atoms with Gasteiger partial charge in [-0.05, 0) is 43.9 Å². The topological polar surface area (TPSA) is 85.9 Å². The largest absolute Gasteiger partial charge is 0.345 e. The monoisotopic (exact) mass is 293 g/mol. The summed E-state index contributed by atoms with van der Waals surface area (Å²) in [4.78, 5) is 14.2. The first-order valence-corrected chi connectivity index (χ1v) is 7.29. The number of aromatic nitrogens is 3. The van der Waals surface area contributed by atoms with Crippen LogP contribution in [0.25, 0.3) is 0 Å². The van der Waals surface area contributed by atoms with Gasteiger partial charge in [-0.25, -0.2) is 4.98 Å². The molecule has 0 spiro atoms. The quantitative estimate of drug-likeness (QED) is 0.675. The van der Waals surface area contributed by atoms with E-state index in [0.717, 1.165) is 22.9 Å². The lowest BCUT2D eigenvalue weighted by Gasteiger charge is -2.12. The Bertz CT molecular complexity index is 646. The Morgan fingerprint density at radius 1 is 1.60 bits per heavy atom. The Kier molecular flexibility index (Phi) is 3.17. The highest BCUT2D eigenvalue weighted by atomic mass is 32.1. The van der Waals surface area contributed by atoms with Crippen LogP contribution in [0.3, 0.4) is 0 Å². The van der Waals surface area contributed by atoms with Crippen LogP contribution < -0.4 is 5.32 Å². The molecule has 0 aliphatic heterocycles. The summed E-state index contributed by atoms with van der Waals surface area (Å²) in [6.07, 6.45) is 3.79. The molecule has 3 rings (SSSR count). The van der Waals surface area contributed by atoms with E-state index in [9.17, 15) is 10.1 Å². The number of nitro groups is 1. The van der Waals surface area contributed by atoms with Crippen molar-refractivity contribution in [3.8, 4) is 0 Å². The van der Waals surface area contributed by atoms with Gasteiger partial charge in [0.05, 0.1) is 11.0 Å². The van der Waals surface area contributed by atoms with Crippen LogP contribution in [-0.2, 0) is 0 Å². The third-order valence-electron chi connectivity index (χ3n) is 3.52. The van der Waals surface area contributed by atoms with Crippen LogP contribution in [-0.4, -0.2) is 19.7 Å². The predicted molar refractivity (Wildman–Crippen MR) is 76.5 cm³/mol. The molecule has 2 heterocycles. The van der Waals surface area contributed by atoms with E-state index in [-0.39, 0.29) is 5.00 Å². The van der Waals surface area contributed by atoms with Crippen LogP contribution in [0.4, 0.5) is 16.0 Å². The second kappa shape index (κ2) is 4.86. The van der Waals surface area contributed by atoms with Crippen molar-refractivity contribution in [1.29, 1.82) is 0 Å². The zero-order valence-corrected chi connectivity index (χ0v) is 12.1. The van der Waals surface area contributed by atoms with Gasteiger partial charge >= 0.3 is 5.00 Å². The maximum absolute atomic E-state index is 10.6. The van der Waals surface area contributed by atoms with Crippen molar-refractivity contribution in [3.63, 3.8) is 0 Å². The van der Waals surface area contributed by atoms with E-state index in [1.54, 1.807) is 0 Å². The highest BCUT2D eigenvalue weighted by molar-refractivity contribution is 7.18. The zero-order chi connectivity index (χ0) is 14.3. The van der Waals surface area contributed by atoms with Gasteiger partial charge in [-0.2, -0.15) is 5.10 Å². The van der Waals surface area contributed by atoms with Crippen LogP contribution in [0.2, 0.25) is 0 Å². The summed E-state index contributed by atoms with van der Waals surface area (Å²) in [5, 5.41) is 18.7. The van der Waals surface area contributed by atoms with E-state index in [4.69, 9.17) is 0 Å². The highest BCUT2D eigenvalue weighted by Gasteiger charge is 2.30. The second-order valence-corrected chi connectivity index (χ2v) is 6.09. The SMILES string of the molecule is Cc1cc(Nc2ncc([N+](=O)[O-])s2)nn1C(C)C1CC1. The van der Waals surface area contributed by atoms with E-state index < -0.39 is 4.92 Å². The van der Waals surface area contributed by atoms with E-state index >= 15 is 0 Å². The van der Waals surface area contributed by atoms with Crippen molar-refractivity contribution in [2.75, 3.05) is 5.32 Å². The Labute approximate surface area is 119 Å². The molecule has 0 amide bonds. The Balaban J connectivity index is 1.76. The van der Waals surface area contributed by atoms with Gasteiger partial charge < -0.3 is 5.32 Å². The lowest BCUT2D eigenvalue weighted by Crippen LogP contribution is -2.10. The normalized spacial score (nSPS) is 16.1. The highest BCUT2D eigenvalue weighted by Crippen LogP contribution is 2.40. The molecule has 7 nitrogen and oxygen atoms in total. The molecule has 2 aromatic rings. The molecule has 1 saturated carbocycles. The van der Waals surface area contributed by atoms with Crippen LogP contribution in [0, 0.1) is 23.0 Å². The fourth-order valence-corrected chi connectivity index (χ4v) is 2.90. The van der Waals surface area contributed by atoms with Gasteiger partial charge in [-0.1, -0.05) is 0 Å². The molecule has 1 aliphatic carbocycles. The number of nitrogens with one attached hydrogen (secondary N) is 1. The number of hydrogen-bond donors (Lipinski definition) is 1. The lowest BCUT2D eigenvalue weighted by atomic mass is 10.2. The Morgan fingerprint density at radius 2 is 2.35 bits per heavy atom. The first-order valence-electron chi connectivity index (χ1n) is 6.48. The first kappa shape index (κ1) is 13.0. The summed E-state index contributed by atoms with van der Waals surface area (Å²) in [5.41, 5.74) is 1.08. The molecule has 1 atom stereocenters. The molecule has 0 aromatic carbocycles. The van der Waals surface area contributed by atoms with Gasteiger partial charge in [-0.3, -0.25) is 14.8 Å². The number of rotatable bonds is 5. The fourth-order valence-electron chi connectivity index (χ4n) is 2.26. The van der Waals surface area contributed by atoms with Crippen LogP contribution >= 0.6 is 11.3 Å². The molecule has 0 radical (unpaired) electrons. The summed E-state index contributed by atoms with van der Waals surface area (Å²) in [6.45, 7) is 4.19. The van der Waals surface area contributed by atoms with Crippen molar-refractivity contribution in [1.82, 2.24) is 14.8 Å². The Morgan fingerprint density at radius 3 is 2.95 bits per heavy atom. The number of nitrogens with zero attached hydrogens (tertiary/aromatic N) is 4. The maximum Gasteiger partial charge on any atom is 0.345 e. The molecule has 20 heavy (non-hydrogen) atoms. The molecule has 8 heteroatoms. The van der Waals surface area contributed by atoms with Gasteiger partial charge in [0, 0.05) is 11.8 Å². The first-order chi connectivity index (χ1) is 9.54. The van der Waals surface area contributed by atoms with Crippen LogP contribution in [0.5, 0.6) is 0 Å². The van der Waals surface area contributed by atoms with Crippen molar-refractivity contribution >= 4 is 27.3 Å². The van der Waals surface area contributed by atoms with E-state index in [0.29, 0.717) is 17.0 Å². The molecule has 106 valence electrons. The summed E-state index contributed by atoms with van der Waals surface area (Å²) in [7, 11) is 0. The van der Waals surface area contributed by atoms with Gasteiger partial charge in [0.1, 0.15) is 6.20 Å². The third kappa shape index (κ3) is 2.51. The molecule has 1 aliphatic rings. The summed E-state index contributed by atoms with van der Waals surface area (Å²) in [5.74, 6) is 1.40. The van der Waals surface area contributed by atoms with Gasteiger partial charge in [0.2, 0.25) is 0 Å². The van der Waals surface area contributed by atoms with Gasteiger partial charge in [-0.15, -0.1) is 0 Å². The number of thiazole rings is 1.